The molecule has 29 heavy (non-hydrogen) atoms. The maximum Gasteiger partial charge on any atom is 0.191 e. The molecule has 0 spiro atoms. The zero-order valence-corrected chi connectivity index (χ0v) is 21.0. The monoisotopic (exact) mass is 533 g/mol. The summed E-state index contributed by atoms with van der Waals surface area (Å²) in [5, 5.41) is 7.84. The van der Waals surface area contributed by atoms with Crippen LogP contribution in [0.5, 0.6) is 0 Å². The molecule has 6 nitrogen and oxygen atoms in total. The van der Waals surface area contributed by atoms with E-state index in [0.29, 0.717) is 12.6 Å². The van der Waals surface area contributed by atoms with Gasteiger partial charge in [-0.3, -0.25) is 0 Å². The molecule has 3 atom stereocenters. The van der Waals surface area contributed by atoms with Gasteiger partial charge in [0.25, 0.3) is 0 Å². The Labute approximate surface area is 197 Å². The van der Waals surface area contributed by atoms with E-state index in [1.165, 1.54) is 30.6 Å². The number of halogens is 1. The molecule has 3 unspecified atom stereocenters. The highest BCUT2D eigenvalue weighted by Gasteiger charge is 2.25. The molecule has 2 aliphatic rings. The van der Waals surface area contributed by atoms with Gasteiger partial charge in [0.15, 0.2) is 5.96 Å². The first-order chi connectivity index (χ1) is 13.7. The van der Waals surface area contributed by atoms with Crippen molar-refractivity contribution in [3.8, 4) is 0 Å². The van der Waals surface area contributed by atoms with Gasteiger partial charge in [0.1, 0.15) is 5.82 Å². The Hall–Kier alpha value is -0.740. The van der Waals surface area contributed by atoms with E-state index in [4.69, 9.17) is 9.73 Å². The van der Waals surface area contributed by atoms with E-state index >= 15 is 0 Å². The van der Waals surface area contributed by atoms with Crippen molar-refractivity contribution in [1.82, 2.24) is 15.6 Å². The van der Waals surface area contributed by atoms with Crippen LogP contribution in [0.2, 0.25) is 0 Å². The van der Waals surface area contributed by atoms with Crippen LogP contribution < -0.4 is 15.5 Å². The minimum Gasteiger partial charge on any atom is -0.375 e. The summed E-state index contributed by atoms with van der Waals surface area (Å²) in [6, 6.07) is 4.75. The molecule has 3 rings (SSSR count). The molecule has 1 aromatic rings. The molecule has 0 aromatic carbocycles. The number of morpholine rings is 1. The van der Waals surface area contributed by atoms with Crippen molar-refractivity contribution in [1.29, 1.82) is 0 Å². The summed E-state index contributed by atoms with van der Waals surface area (Å²) in [6.45, 7) is 10.6. The number of pyridine rings is 1. The molecule has 2 heterocycles. The fourth-order valence-corrected chi connectivity index (χ4v) is 5.04. The van der Waals surface area contributed by atoms with Crippen LogP contribution in [-0.4, -0.2) is 60.3 Å². The first kappa shape index (κ1) is 24.5. The van der Waals surface area contributed by atoms with E-state index in [9.17, 15) is 0 Å². The van der Waals surface area contributed by atoms with Crippen LogP contribution >= 0.6 is 35.7 Å². The molecule has 1 aromatic heterocycles. The summed E-state index contributed by atoms with van der Waals surface area (Å²) in [5.41, 5.74) is 1.19. The van der Waals surface area contributed by atoms with Crippen molar-refractivity contribution in [2.75, 3.05) is 36.9 Å². The lowest BCUT2D eigenvalue weighted by Gasteiger charge is -2.32. The first-order valence-electron chi connectivity index (χ1n) is 10.7. The third kappa shape index (κ3) is 7.79. The zero-order chi connectivity index (χ0) is 19.8. The fourth-order valence-electron chi connectivity index (χ4n) is 3.90. The zero-order valence-electron chi connectivity index (χ0n) is 17.9. The summed E-state index contributed by atoms with van der Waals surface area (Å²) in [7, 11) is 0. The Bertz CT molecular complexity index is 647. The van der Waals surface area contributed by atoms with Crippen LogP contribution in [0.4, 0.5) is 5.82 Å². The highest BCUT2D eigenvalue weighted by molar-refractivity contribution is 14.0. The second-order valence-corrected chi connectivity index (χ2v) is 9.15. The van der Waals surface area contributed by atoms with Crippen LogP contribution in [0.3, 0.4) is 0 Å². The SMILES string of the molecule is CCNC(=NCc1ccnc(N2CCOC(C)C2)c1)NC1CCC(SCC)C1.I. The van der Waals surface area contributed by atoms with Gasteiger partial charge in [0.2, 0.25) is 0 Å². The topological polar surface area (TPSA) is 61.8 Å². The number of guanidine groups is 1. The lowest BCUT2D eigenvalue weighted by atomic mass is 10.2. The summed E-state index contributed by atoms with van der Waals surface area (Å²) >= 11 is 2.09. The number of anilines is 1. The highest BCUT2D eigenvalue weighted by atomic mass is 127. The van der Waals surface area contributed by atoms with E-state index in [1.54, 1.807) is 0 Å². The predicted octanol–water partition coefficient (Wildman–Crippen LogP) is 3.65. The Balaban J connectivity index is 0.00000300. The molecule has 0 bridgehead atoms. The number of thioether (sulfide) groups is 1. The summed E-state index contributed by atoms with van der Waals surface area (Å²) in [4.78, 5) is 11.7. The average molecular weight is 534 g/mol. The molecule has 2 fully saturated rings. The second kappa shape index (κ2) is 12.8. The van der Waals surface area contributed by atoms with E-state index in [1.807, 2.05) is 6.20 Å². The number of nitrogens with one attached hydrogen (secondary N) is 2. The second-order valence-electron chi connectivity index (χ2n) is 7.58. The molecule has 8 heteroatoms. The van der Waals surface area contributed by atoms with Crippen molar-refractivity contribution >= 4 is 47.5 Å². The van der Waals surface area contributed by atoms with Crippen LogP contribution in [0, 0.1) is 0 Å². The summed E-state index contributed by atoms with van der Waals surface area (Å²) in [6.07, 6.45) is 5.92. The minimum absolute atomic E-state index is 0. The van der Waals surface area contributed by atoms with Crippen molar-refractivity contribution in [3.63, 3.8) is 0 Å². The average Bonchev–Trinajstić information content (AvgIpc) is 3.14. The largest absolute Gasteiger partial charge is 0.375 e. The van der Waals surface area contributed by atoms with E-state index < -0.39 is 0 Å². The third-order valence-corrected chi connectivity index (χ3v) is 6.50. The maximum absolute atomic E-state index is 5.64. The highest BCUT2D eigenvalue weighted by Crippen LogP contribution is 2.29. The quantitative estimate of drug-likeness (QED) is 0.317. The van der Waals surface area contributed by atoms with E-state index in [-0.39, 0.29) is 30.1 Å². The Morgan fingerprint density at radius 3 is 3.00 bits per heavy atom. The van der Waals surface area contributed by atoms with Gasteiger partial charge in [-0.15, -0.1) is 24.0 Å². The molecule has 0 amide bonds. The number of hydrogen-bond donors (Lipinski definition) is 2. The van der Waals surface area contributed by atoms with Crippen LogP contribution in [-0.2, 0) is 11.3 Å². The van der Waals surface area contributed by atoms with Gasteiger partial charge < -0.3 is 20.3 Å². The molecule has 2 N–H and O–H groups in total. The maximum atomic E-state index is 5.64. The smallest absolute Gasteiger partial charge is 0.191 e. The van der Waals surface area contributed by atoms with Gasteiger partial charge >= 0.3 is 0 Å². The van der Waals surface area contributed by atoms with Gasteiger partial charge in [-0.1, -0.05) is 6.92 Å². The van der Waals surface area contributed by atoms with Gasteiger partial charge in [-0.25, -0.2) is 9.98 Å². The molecule has 164 valence electrons. The standard InChI is InChI=1S/C21H35N5OS.HI/c1-4-22-21(25-18-6-7-19(13-18)28-5-2)24-14-17-8-9-23-20(12-17)26-10-11-27-16(3)15-26;/h8-9,12,16,18-19H,4-7,10-11,13-15H2,1-3H3,(H2,22,24,25);1H. The number of aliphatic imine (C=N–C) groups is 1. The van der Waals surface area contributed by atoms with E-state index in [2.05, 4.69) is 65.2 Å². The predicted molar refractivity (Wildman–Crippen MR) is 135 cm³/mol. The number of aromatic nitrogens is 1. The van der Waals surface area contributed by atoms with Gasteiger partial charge in [0, 0.05) is 37.1 Å². The fraction of sp³-hybridized carbons (Fsp3) is 0.714. The Morgan fingerprint density at radius 2 is 2.24 bits per heavy atom. The number of ether oxygens (including phenoxy) is 1. The number of nitrogens with zero attached hydrogens (tertiary/aromatic N) is 3. The normalized spacial score (nSPS) is 24.9. The van der Waals surface area contributed by atoms with Crippen LogP contribution in [0.1, 0.15) is 45.6 Å². The van der Waals surface area contributed by atoms with Gasteiger partial charge in [-0.2, -0.15) is 11.8 Å². The molecule has 1 saturated heterocycles. The molecule has 1 aliphatic heterocycles. The molecule has 1 saturated carbocycles. The lowest BCUT2D eigenvalue weighted by Crippen LogP contribution is -2.42. The molecule has 0 radical (unpaired) electrons. The lowest BCUT2D eigenvalue weighted by molar-refractivity contribution is 0.0529. The number of rotatable bonds is 7. The molecule has 1 aliphatic carbocycles. The van der Waals surface area contributed by atoms with Crippen LogP contribution in [0.25, 0.3) is 0 Å². The summed E-state index contributed by atoms with van der Waals surface area (Å²) in [5.74, 6) is 3.15. The molecular weight excluding hydrogens is 497 g/mol. The summed E-state index contributed by atoms with van der Waals surface area (Å²) < 4.78 is 5.64. The van der Waals surface area contributed by atoms with E-state index in [0.717, 1.165) is 43.3 Å². The van der Waals surface area contributed by atoms with Gasteiger partial charge in [-0.05, 0) is 56.6 Å². The Morgan fingerprint density at radius 1 is 1.38 bits per heavy atom. The van der Waals surface area contributed by atoms with Gasteiger partial charge in [0.05, 0.1) is 19.3 Å². The van der Waals surface area contributed by atoms with Crippen molar-refractivity contribution in [2.24, 2.45) is 4.99 Å². The van der Waals surface area contributed by atoms with Crippen molar-refractivity contribution in [2.45, 2.75) is 64.0 Å². The third-order valence-electron chi connectivity index (χ3n) is 5.27. The van der Waals surface area contributed by atoms with Crippen molar-refractivity contribution < 1.29 is 4.74 Å². The minimum atomic E-state index is 0. The number of hydrogen-bond acceptors (Lipinski definition) is 5. The van der Waals surface area contributed by atoms with Crippen LogP contribution in [0.15, 0.2) is 23.3 Å². The first-order valence-corrected chi connectivity index (χ1v) is 11.7. The molecular formula is C21H36IN5OS. The van der Waals surface area contributed by atoms with Crippen molar-refractivity contribution in [3.05, 3.63) is 23.9 Å². The Kier molecular flexibility index (Phi) is 10.9.